The second kappa shape index (κ2) is 2.57. The van der Waals surface area contributed by atoms with E-state index in [1.54, 1.807) is 0 Å². The summed E-state index contributed by atoms with van der Waals surface area (Å²) < 4.78 is 0. The molecular weight excluding hydrogens is 128 g/mol. The third-order valence-corrected chi connectivity index (χ3v) is 2.08. The molecule has 0 aliphatic carbocycles. The zero-order chi connectivity index (χ0) is 7.61. The van der Waals surface area contributed by atoms with Crippen LogP contribution in [0.3, 0.4) is 0 Å². The summed E-state index contributed by atoms with van der Waals surface area (Å²) in [6.07, 6.45) is 0.802. The maximum absolute atomic E-state index is 8.89. The molecule has 0 aromatic heterocycles. The minimum Gasteiger partial charge on any atom is -0.395 e. The van der Waals surface area contributed by atoms with Crippen LogP contribution >= 0.6 is 0 Å². The minimum atomic E-state index is -0.464. The van der Waals surface area contributed by atoms with E-state index in [9.17, 15) is 0 Å². The lowest BCUT2D eigenvalue weighted by atomic mass is 9.90. The monoisotopic (exact) mass is 140 g/mol. The minimum absolute atomic E-state index is 0.00611. The Balaban J connectivity index is 2.62. The summed E-state index contributed by atoms with van der Waals surface area (Å²) in [7, 11) is 1.97. The first-order chi connectivity index (χ1) is 4.72. The predicted molar refractivity (Wildman–Crippen MR) is 37.2 cm³/mol. The van der Waals surface area contributed by atoms with Gasteiger partial charge in [-0.3, -0.25) is 0 Å². The third kappa shape index (κ3) is 1.13. The Hall–Kier alpha value is -0.590. The predicted octanol–water partition coefficient (Wildman–Crippen LogP) is -0.176. The van der Waals surface area contributed by atoms with Crippen LogP contribution in [0.15, 0.2) is 0 Å². The number of nitrogens with zero attached hydrogens (tertiary/aromatic N) is 2. The summed E-state index contributed by atoms with van der Waals surface area (Å²) in [6.45, 7) is 1.63. The number of hydrogen-bond donors (Lipinski definition) is 1. The van der Waals surface area contributed by atoms with Crippen LogP contribution in [0.5, 0.6) is 0 Å². The molecule has 1 fully saturated rings. The molecule has 0 bridgehead atoms. The van der Waals surface area contributed by atoms with Gasteiger partial charge in [-0.15, -0.1) is 0 Å². The number of nitriles is 1. The molecule has 1 aliphatic heterocycles. The van der Waals surface area contributed by atoms with Gasteiger partial charge in [0, 0.05) is 6.54 Å². The van der Waals surface area contributed by atoms with E-state index >= 15 is 0 Å². The van der Waals surface area contributed by atoms with Crippen LogP contribution in [0.2, 0.25) is 0 Å². The molecule has 3 nitrogen and oxygen atoms in total. The van der Waals surface area contributed by atoms with Crippen molar-refractivity contribution in [2.45, 2.75) is 6.42 Å². The summed E-state index contributed by atoms with van der Waals surface area (Å²) in [4.78, 5) is 2.07. The highest BCUT2D eigenvalue weighted by atomic mass is 16.3. The van der Waals surface area contributed by atoms with Gasteiger partial charge in [0.15, 0.2) is 0 Å². The third-order valence-electron chi connectivity index (χ3n) is 2.08. The molecule has 3 heteroatoms. The maximum Gasteiger partial charge on any atom is 0.0942 e. The molecule has 1 unspecified atom stereocenters. The molecule has 10 heavy (non-hydrogen) atoms. The summed E-state index contributed by atoms with van der Waals surface area (Å²) in [5.41, 5.74) is -0.464. The van der Waals surface area contributed by atoms with Crippen LogP contribution in [0, 0.1) is 16.7 Å². The number of likely N-dealkylation sites (tertiary alicyclic amines) is 1. The van der Waals surface area contributed by atoms with E-state index in [4.69, 9.17) is 10.4 Å². The number of aliphatic hydroxyl groups excluding tert-OH is 1. The maximum atomic E-state index is 8.89. The van der Waals surface area contributed by atoms with Crippen molar-refractivity contribution in [3.05, 3.63) is 0 Å². The van der Waals surface area contributed by atoms with Gasteiger partial charge >= 0.3 is 0 Å². The number of aliphatic hydroxyl groups is 1. The van der Waals surface area contributed by atoms with E-state index in [1.165, 1.54) is 0 Å². The molecular formula is C7H12N2O. The second-order valence-electron chi connectivity index (χ2n) is 3.04. The highest BCUT2D eigenvalue weighted by molar-refractivity contribution is 5.04. The standard InChI is InChI=1S/C7H12N2O/c1-9-3-2-7(4-8,5-9)6-10/h10H,2-3,5-6H2,1H3. The zero-order valence-electron chi connectivity index (χ0n) is 6.17. The normalized spacial score (nSPS) is 34.1. The van der Waals surface area contributed by atoms with Crippen molar-refractivity contribution in [1.29, 1.82) is 5.26 Å². The topological polar surface area (TPSA) is 47.3 Å². The van der Waals surface area contributed by atoms with E-state index in [0.717, 1.165) is 13.0 Å². The molecule has 56 valence electrons. The van der Waals surface area contributed by atoms with E-state index < -0.39 is 5.41 Å². The average molecular weight is 140 g/mol. The molecule has 0 aromatic carbocycles. The Kier molecular flexibility index (Phi) is 1.93. The molecule has 1 saturated heterocycles. The summed E-state index contributed by atoms with van der Waals surface area (Å²) in [5, 5.41) is 17.6. The SMILES string of the molecule is CN1CCC(C#N)(CO)C1. The molecule has 1 aliphatic rings. The highest BCUT2D eigenvalue weighted by Crippen LogP contribution is 2.27. The van der Waals surface area contributed by atoms with Crippen LogP contribution in [0.4, 0.5) is 0 Å². The van der Waals surface area contributed by atoms with Gasteiger partial charge in [-0.25, -0.2) is 0 Å². The van der Waals surface area contributed by atoms with Crippen LogP contribution in [0.1, 0.15) is 6.42 Å². The van der Waals surface area contributed by atoms with Crippen molar-refractivity contribution >= 4 is 0 Å². The molecule has 0 spiro atoms. The average Bonchev–Trinajstić information content (AvgIpc) is 2.33. The van der Waals surface area contributed by atoms with Crippen molar-refractivity contribution < 1.29 is 5.11 Å². The van der Waals surface area contributed by atoms with Gasteiger partial charge in [0.05, 0.1) is 18.1 Å². The van der Waals surface area contributed by atoms with Crippen molar-refractivity contribution in [2.24, 2.45) is 5.41 Å². The van der Waals surface area contributed by atoms with Gasteiger partial charge < -0.3 is 10.0 Å². The van der Waals surface area contributed by atoms with Crippen molar-refractivity contribution in [2.75, 3.05) is 26.7 Å². The fraction of sp³-hybridized carbons (Fsp3) is 0.857. The first-order valence-electron chi connectivity index (χ1n) is 3.43. The van der Waals surface area contributed by atoms with Crippen LogP contribution < -0.4 is 0 Å². The Labute approximate surface area is 60.9 Å². The van der Waals surface area contributed by atoms with E-state index in [2.05, 4.69) is 11.0 Å². The summed E-state index contributed by atoms with van der Waals surface area (Å²) >= 11 is 0. The summed E-state index contributed by atoms with van der Waals surface area (Å²) in [5.74, 6) is 0. The summed E-state index contributed by atoms with van der Waals surface area (Å²) in [6, 6.07) is 2.17. The van der Waals surface area contributed by atoms with E-state index in [0.29, 0.717) is 6.54 Å². The number of rotatable bonds is 1. The first kappa shape index (κ1) is 7.52. The van der Waals surface area contributed by atoms with Crippen molar-refractivity contribution in [3.8, 4) is 6.07 Å². The van der Waals surface area contributed by atoms with Gasteiger partial charge in [0.25, 0.3) is 0 Å². The zero-order valence-corrected chi connectivity index (χ0v) is 6.17. The van der Waals surface area contributed by atoms with Gasteiger partial charge in [-0.1, -0.05) is 0 Å². The van der Waals surface area contributed by atoms with Crippen LogP contribution in [-0.4, -0.2) is 36.8 Å². The first-order valence-corrected chi connectivity index (χ1v) is 3.43. The quantitative estimate of drug-likeness (QED) is 0.550. The Morgan fingerprint density at radius 3 is 2.70 bits per heavy atom. The van der Waals surface area contributed by atoms with Crippen molar-refractivity contribution in [3.63, 3.8) is 0 Å². The Bertz CT molecular complexity index is 163. The van der Waals surface area contributed by atoms with Crippen molar-refractivity contribution in [1.82, 2.24) is 4.90 Å². The van der Waals surface area contributed by atoms with E-state index in [-0.39, 0.29) is 6.61 Å². The van der Waals surface area contributed by atoms with Crippen LogP contribution in [0.25, 0.3) is 0 Å². The van der Waals surface area contributed by atoms with Gasteiger partial charge in [-0.05, 0) is 20.0 Å². The van der Waals surface area contributed by atoms with Gasteiger partial charge in [0.1, 0.15) is 0 Å². The Morgan fingerprint density at radius 1 is 1.80 bits per heavy atom. The second-order valence-corrected chi connectivity index (χ2v) is 3.04. The van der Waals surface area contributed by atoms with Crippen LogP contribution in [-0.2, 0) is 0 Å². The molecule has 1 rings (SSSR count). The Morgan fingerprint density at radius 2 is 2.50 bits per heavy atom. The lowest BCUT2D eigenvalue weighted by Crippen LogP contribution is -2.26. The lowest BCUT2D eigenvalue weighted by molar-refractivity contribution is 0.180. The molecule has 1 N–H and O–H groups in total. The van der Waals surface area contributed by atoms with Gasteiger partial charge in [0.2, 0.25) is 0 Å². The smallest absolute Gasteiger partial charge is 0.0942 e. The molecule has 0 saturated carbocycles. The van der Waals surface area contributed by atoms with Gasteiger partial charge in [-0.2, -0.15) is 5.26 Å². The highest BCUT2D eigenvalue weighted by Gasteiger charge is 2.35. The molecule has 1 atom stereocenters. The van der Waals surface area contributed by atoms with E-state index in [1.807, 2.05) is 7.05 Å². The largest absolute Gasteiger partial charge is 0.395 e. The fourth-order valence-electron chi connectivity index (χ4n) is 1.34. The molecule has 0 aromatic rings. The fourth-order valence-corrected chi connectivity index (χ4v) is 1.34. The molecule has 0 radical (unpaired) electrons. The molecule has 0 amide bonds. The lowest BCUT2D eigenvalue weighted by Gasteiger charge is -2.15. The number of hydrogen-bond acceptors (Lipinski definition) is 3. The molecule has 1 heterocycles.